The fourth-order valence-corrected chi connectivity index (χ4v) is 4.95. The number of ether oxygens (including phenoxy) is 2. The second-order valence-corrected chi connectivity index (χ2v) is 10.4. The number of benzene rings is 2. The highest BCUT2D eigenvalue weighted by Crippen LogP contribution is 2.28. The van der Waals surface area contributed by atoms with Crippen molar-refractivity contribution < 1.29 is 19.1 Å². The number of carbonyl (C=O) groups is 2. The molecule has 0 saturated carbocycles. The summed E-state index contributed by atoms with van der Waals surface area (Å²) in [5.74, 6) is -0.445. The molecule has 0 spiro atoms. The quantitative estimate of drug-likeness (QED) is 0.261. The lowest BCUT2D eigenvalue weighted by Crippen LogP contribution is -2.45. The van der Waals surface area contributed by atoms with Crippen LogP contribution >= 0.6 is 0 Å². The van der Waals surface area contributed by atoms with Crippen LogP contribution in [0.25, 0.3) is 11.3 Å². The van der Waals surface area contributed by atoms with Crippen molar-refractivity contribution in [3.05, 3.63) is 96.1 Å². The molecule has 2 aromatic carbocycles. The molecule has 0 radical (unpaired) electrons. The fourth-order valence-electron chi connectivity index (χ4n) is 4.95. The summed E-state index contributed by atoms with van der Waals surface area (Å²) >= 11 is 0. The molecule has 4 aromatic rings. The van der Waals surface area contributed by atoms with Crippen LogP contribution in [0.1, 0.15) is 35.5 Å². The SMILES string of the molecule is C[C@@H]1CN(c2ccncc2NC(=O)c2nc(-c3ccc(CCNC(=O)OCc4ccccc4)cc3)cnc2N)C[C@H](C)O1. The Labute approximate surface area is 250 Å². The van der Waals surface area contributed by atoms with Crippen LogP contribution in [0.5, 0.6) is 0 Å². The maximum Gasteiger partial charge on any atom is 0.407 e. The van der Waals surface area contributed by atoms with Crippen LogP contribution in [0.2, 0.25) is 0 Å². The van der Waals surface area contributed by atoms with E-state index in [1.54, 1.807) is 12.4 Å². The van der Waals surface area contributed by atoms with Crippen LogP contribution in [0.3, 0.4) is 0 Å². The third-order valence-corrected chi connectivity index (χ3v) is 6.97. The highest BCUT2D eigenvalue weighted by Gasteiger charge is 2.25. The van der Waals surface area contributed by atoms with Crippen LogP contribution in [-0.4, -0.2) is 58.8 Å². The Morgan fingerprint density at radius 2 is 1.74 bits per heavy atom. The first kappa shape index (κ1) is 29.5. The van der Waals surface area contributed by atoms with Gasteiger partial charge in [-0.3, -0.25) is 9.78 Å². The van der Waals surface area contributed by atoms with E-state index < -0.39 is 12.0 Å². The third-order valence-electron chi connectivity index (χ3n) is 6.97. The number of pyridine rings is 1. The van der Waals surface area contributed by atoms with Crippen molar-refractivity contribution in [2.45, 2.75) is 39.1 Å². The summed E-state index contributed by atoms with van der Waals surface area (Å²) in [6.07, 6.45) is 5.12. The van der Waals surface area contributed by atoms with E-state index in [0.717, 1.165) is 22.4 Å². The van der Waals surface area contributed by atoms with Crippen LogP contribution in [0.4, 0.5) is 22.0 Å². The molecule has 0 aliphatic carbocycles. The van der Waals surface area contributed by atoms with Crippen LogP contribution in [0.15, 0.2) is 79.3 Å². The van der Waals surface area contributed by atoms with E-state index in [4.69, 9.17) is 15.2 Å². The van der Waals surface area contributed by atoms with Gasteiger partial charge in [0.1, 0.15) is 6.61 Å². The number of morpholine rings is 1. The molecule has 1 saturated heterocycles. The first-order chi connectivity index (χ1) is 20.9. The Morgan fingerprint density at radius 1 is 1.00 bits per heavy atom. The van der Waals surface area contributed by atoms with Crippen LogP contribution in [-0.2, 0) is 22.5 Å². The maximum atomic E-state index is 13.3. The van der Waals surface area contributed by atoms with E-state index in [-0.39, 0.29) is 30.3 Å². The number of aromatic nitrogens is 3. The second kappa shape index (κ2) is 13.8. The molecule has 43 heavy (non-hydrogen) atoms. The first-order valence-corrected chi connectivity index (χ1v) is 14.2. The Morgan fingerprint density at radius 3 is 2.49 bits per heavy atom. The van der Waals surface area contributed by atoms with E-state index in [9.17, 15) is 9.59 Å². The molecule has 222 valence electrons. The molecule has 11 heteroatoms. The molecule has 2 atom stereocenters. The highest BCUT2D eigenvalue weighted by atomic mass is 16.5. The maximum absolute atomic E-state index is 13.3. The Kier molecular flexibility index (Phi) is 9.42. The van der Waals surface area contributed by atoms with Gasteiger partial charge in [0.2, 0.25) is 0 Å². The number of amides is 2. The van der Waals surface area contributed by atoms with Gasteiger partial charge in [-0.25, -0.2) is 14.8 Å². The monoisotopic (exact) mass is 581 g/mol. The number of rotatable bonds is 9. The van der Waals surface area contributed by atoms with Crippen molar-refractivity contribution >= 4 is 29.2 Å². The lowest BCUT2D eigenvalue weighted by atomic mass is 10.1. The van der Waals surface area contributed by atoms with Crippen molar-refractivity contribution in [2.75, 3.05) is 35.6 Å². The van der Waals surface area contributed by atoms with Crippen molar-refractivity contribution in [1.82, 2.24) is 20.3 Å². The first-order valence-electron chi connectivity index (χ1n) is 14.2. The molecule has 1 fully saturated rings. The molecule has 11 nitrogen and oxygen atoms in total. The van der Waals surface area contributed by atoms with Gasteiger partial charge in [0, 0.05) is 31.4 Å². The summed E-state index contributed by atoms with van der Waals surface area (Å²) in [4.78, 5) is 40.5. The predicted octanol–water partition coefficient (Wildman–Crippen LogP) is 4.46. The lowest BCUT2D eigenvalue weighted by Gasteiger charge is -2.37. The molecule has 1 aliphatic rings. The van der Waals surface area contributed by atoms with Crippen molar-refractivity contribution in [2.24, 2.45) is 0 Å². The molecule has 3 heterocycles. The number of carbonyl (C=O) groups excluding carboxylic acids is 2. The number of nitrogens with one attached hydrogen (secondary N) is 2. The summed E-state index contributed by atoms with van der Waals surface area (Å²) in [6, 6.07) is 19.1. The molecule has 4 N–H and O–H groups in total. The number of hydrogen-bond donors (Lipinski definition) is 3. The number of hydrogen-bond acceptors (Lipinski definition) is 9. The Hall–Kier alpha value is -5.03. The van der Waals surface area contributed by atoms with Crippen molar-refractivity contribution in [3.63, 3.8) is 0 Å². The minimum absolute atomic E-state index is 0.0262. The van der Waals surface area contributed by atoms with Gasteiger partial charge in [-0.2, -0.15) is 0 Å². The lowest BCUT2D eigenvalue weighted by molar-refractivity contribution is -0.00517. The van der Waals surface area contributed by atoms with Crippen molar-refractivity contribution in [3.8, 4) is 11.3 Å². The normalized spacial score (nSPS) is 16.4. The van der Waals surface area contributed by atoms with Gasteiger partial charge in [0.15, 0.2) is 11.5 Å². The Bertz CT molecular complexity index is 1540. The topological polar surface area (TPSA) is 145 Å². The standard InChI is InChI=1S/C32H35N7O4/c1-21-18-39(19-22(2)43-21)28-13-14-34-16-27(28)38-31(40)29-30(33)36-17-26(37-29)25-10-8-23(9-11-25)12-15-35-32(41)42-20-24-6-4-3-5-7-24/h3-11,13-14,16-17,21-22H,12,15,18-20H2,1-2H3,(H2,33,36)(H,35,41)(H,38,40)/t21-,22+. The number of nitrogens with two attached hydrogens (primary N) is 1. The van der Waals surface area contributed by atoms with Gasteiger partial charge in [0.05, 0.1) is 41.7 Å². The zero-order valence-electron chi connectivity index (χ0n) is 24.2. The fraction of sp³-hybridized carbons (Fsp3) is 0.281. The molecule has 0 unspecified atom stereocenters. The van der Waals surface area contributed by atoms with Crippen LogP contribution in [0, 0.1) is 0 Å². The predicted molar refractivity (Wildman–Crippen MR) is 165 cm³/mol. The zero-order chi connectivity index (χ0) is 30.2. The van der Waals surface area contributed by atoms with Crippen LogP contribution < -0.4 is 21.3 Å². The minimum Gasteiger partial charge on any atom is -0.445 e. The second-order valence-electron chi connectivity index (χ2n) is 10.4. The van der Waals surface area contributed by atoms with Gasteiger partial charge < -0.3 is 30.7 Å². The van der Waals surface area contributed by atoms with Gasteiger partial charge in [-0.1, -0.05) is 54.6 Å². The number of nitrogen functional groups attached to an aromatic ring is 1. The average molecular weight is 582 g/mol. The minimum atomic E-state index is -0.475. The molecular formula is C32H35N7O4. The van der Waals surface area contributed by atoms with E-state index in [0.29, 0.717) is 37.4 Å². The molecule has 1 aliphatic heterocycles. The molecule has 2 aromatic heterocycles. The number of alkyl carbamates (subject to hydrolysis) is 1. The summed E-state index contributed by atoms with van der Waals surface area (Å²) in [6.45, 7) is 6.09. The molecule has 5 rings (SSSR count). The summed E-state index contributed by atoms with van der Waals surface area (Å²) in [5, 5.41) is 5.69. The van der Waals surface area contributed by atoms with E-state index in [2.05, 4.69) is 30.5 Å². The largest absolute Gasteiger partial charge is 0.445 e. The summed E-state index contributed by atoms with van der Waals surface area (Å²) in [5.41, 5.74) is 10.7. The molecule has 0 bridgehead atoms. The van der Waals surface area contributed by atoms with E-state index in [1.807, 2.05) is 74.5 Å². The Balaban J connectivity index is 1.19. The zero-order valence-corrected chi connectivity index (χ0v) is 24.2. The molecule has 2 amide bonds. The van der Waals surface area contributed by atoms with Gasteiger partial charge >= 0.3 is 6.09 Å². The number of anilines is 3. The van der Waals surface area contributed by atoms with E-state index in [1.165, 1.54) is 6.20 Å². The van der Waals surface area contributed by atoms with Gasteiger partial charge in [0.25, 0.3) is 5.91 Å². The van der Waals surface area contributed by atoms with Gasteiger partial charge in [-0.15, -0.1) is 0 Å². The third kappa shape index (κ3) is 7.83. The smallest absolute Gasteiger partial charge is 0.407 e. The highest BCUT2D eigenvalue weighted by molar-refractivity contribution is 6.07. The number of nitrogens with zero attached hydrogens (tertiary/aromatic N) is 4. The summed E-state index contributed by atoms with van der Waals surface area (Å²) in [7, 11) is 0. The van der Waals surface area contributed by atoms with Crippen molar-refractivity contribution in [1.29, 1.82) is 0 Å². The molecular weight excluding hydrogens is 546 g/mol. The average Bonchev–Trinajstić information content (AvgIpc) is 3.01. The van der Waals surface area contributed by atoms with Gasteiger partial charge in [-0.05, 0) is 37.5 Å². The summed E-state index contributed by atoms with van der Waals surface area (Å²) < 4.78 is 11.1. The van der Waals surface area contributed by atoms with E-state index >= 15 is 0 Å².